The van der Waals surface area contributed by atoms with Crippen LogP contribution >= 0.6 is 0 Å². The number of nitrogens with one attached hydrogen (secondary N) is 2. The zero-order valence-electron chi connectivity index (χ0n) is 16.7. The molecule has 0 saturated carbocycles. The lowest BCUT2D eigenvalue weighted by Gasteiger charge is -2.33. The largest absolute Gasteiger partial charge is 0.356 e. The van der Waals surface area contributed by atoms with E-state index in [0.717, 1.165) is 12.5 Å². The Morgan fingerprint density at radius 2 is 1.92 bits per heavy atom. The van der Waals surface area contributed by atoms with E-state index in [1.54, 1.807) is 0 Å². The van der Waals surface area contributed by atoms with Crippen LogP contribution in [0.3, 0.4) is 0 Å². The third-order valence-corrected chi connectivity index (χ3v) is 5.26. The van der Waals surface area contributed by atoms with Gasteiger partial charge in [-0.25, -0.2) is 0 Å². The van der Waals surface area contributed by atoms with Crippen molar-refractivity contribution in [3.8, 4) is 0 Å². The van der Waals surface area contributed by atoms with Crippen LogP contribution in [-0.2, 0) is 5.41 Å². The fourth-order valence-corrected chi connectivity index (χ4v) is 3.74. The average Bonchev–Trinajstić information content (AvgIpc) is 2.60. The van der Waals surface area contributed by atoms with Crippen LogP contribution in [0.4, 0.5) is 0 Å². The molecule has 0 atom stereocenters. The molecule has 0 radical (unpaired) electrons. The fraction of sp³-hybridized carbons (Fsp3) is 0.667. The summed E-state index contributed by atoms with van der Waals surface area (Å²) in [6.07, 6.45) is 3.64. The van der Waals surface area contributed by atoms with Crippen LogP contribution in [0.2, 0.25) is 0 Å². The van der Waals surface area contributed by atoms with Crippen molar-refractivity contribution in [3.63, 3.8) is 0 Å². The van der Waals surface area contributed by atoms with Crippen molar-refractivity contribution in [1.29, 1.82) is 0 Å². The Morgan fingerprint density at radius 3 is 2.52 bits per heavy atom. The van der Waals surface area contributed by atoms with E-state index in [1.807, 2.05) is 7.05 Å². The van der Waals surface area contributed by atoms with E-state index in [4.69, 9.17) is 0 Å². The van der Waals surface area contributed by atoms with E-state index in [1.165, 1.54) is 50.0 Å². The number of hydrogen-bond donors (Lipinski definition) is 2. The third-order valence-electron chi connectivity index (χ3n) is 5.26. The first-order chi connectivity index (χ1) is 12.0. The molecule has 1 aliphatic rings. The second-order valence-electron chi connectivity index (χ2n) is 7.88. The highest BCUT2D eigenvalue weighted by Gasteiger charge is 2.24. The monoisotopic (exact) mass is 344 g/mol. The Bertz CT molecular complexity index is 557. The molecule has 1 saturated heterocycles. The molecule has 2 N–H and O–H groups in total. The molecule has 4 heteroatoms. The molecular formula is C21H36N4. The van der Waals surface area contributed by atoms with Crippen molar-refractivity contribution in [2.24, 2.45) is 4.99 Å². The van der Waals surface area contributed by atoms with Gasteiger partial charge >= 0.3 is 0 Å². The van der Waals surface area contributed by atoms with Gasteiger partial charge < -0.3 is 15.5 Å². The summed E-state index contributed by atoms with van der Waals surface area (Å²) in [5, 5.41) is 7.16. The van der Waals surface area contributed by atoms with Gasteiger partial charge in [0.05, 0.1) is 0 Å². The van der Waals surface area contributed by atoms with Crippen LogP contribution in [0.25, 0.3) is 0 Å². The van der Waals surface area contributed by atoms with Crippen molar-refractivity contribution < 1.29 is 0 Å². The van der Waals surface area contributed by atoms with Crippen molar-refractivity contribution in [2.75, 3.05) is 33.2 Å². The number of hydrogen-bond acceptors (Lipinski definition) is 2. The molecular weight excluding hydrogens is 308 g/mol. The van der Waals surface area contributed by atoms with Crippen LogP contribution < -0.4 is 10.6 Å². The normalized spacial score (nSPS) is 17.6. The maximum atomic E-state index is 4.44. The smallest absolute Gasteiger partial charge is 0.191 e. The summed E-state index contributed by atoms with van der Waals surface area (Å²) >= 11 is 0. The lowest BCUT2D eigenvalue weighted by molar-refractivity contribution is 0.206. The van der Waals surface area contributed by atoms with Gasteiger partial charge in [0.1, 0.15) is 0 Å². The summed E-state index contributed by atoms with van der Waals surface area (Å²) in [7, 11) is 1.86. The number of piperidine rings is 1. The molecule has 0 spiro atoms. The molecule has 4 nitrogen and oxygen atoms in total. The molecule has 0 bridgehead atoms. The molecule has 140 valence electrons. The minimum atomic E-state index is 0.0629. The first kappa shape index (κ1) is 19.8. The van der Waals surface area contributed by atoms with Gasteiger partial charge in [0, 0.05) is 38.1 Å². The van der Waals surface area contributed by atoms with Gasteiger partial charge in [0.25, 0.3) is 0 Å². The predicted octanol–water partition coefficient (Wildman–Crippen LogP) is 3.31. The molecule has 1 aromatic carbocycles. The average molecular weight is 345 g/mol. The van der Waals surface area contributed by atoms with Crippen LogP contribution in [0, 0.1) is 6.92 Å². The van der Waals surface area contributed by atoms with Gasteiger partial charge in [-0.15, -0.1) is 0 Å². The number of rotatable bonds is 6. The highest BCUT2D eigenvalue weighted by Crippen LogP contribution is 2.25. The van der Waals surface area contributed by atoms with Crippen LogP contribution in [-0.4, -0.2) is 50.1 Å². The predicted molar refractivity (Wildman–Crippen MR) is 108 cm³/mol. The van der Waals surface area contributed by atoms with Gasteiger partial charge in [-0.3, -0.25) is 4.99 Å². The van der Waals surface area contributed by atoms with Crippen LogP contribution in [0.1, 0.15) is 51.2 Å². The lowest BCUT2D eigenvalue weighted by Crippen LogP contribution is -2.50. The van der Waals surface area contributed by atoms with Crippen molar-refractivity contribution in [1.82, 2.24) is 15.5 Å². The number of benzene rings is 1. The summed E-state index contributed by atoms with van der Waals surface area (Å²) in [6, 6.07) is 9.18. The van der Waals surface area contributed by atoms with Gasteiger partial charge in [0.2, 0.25) is 0 Å². The summed E-state index contributed by atoms with van der Waals surface area (Å²) in [5.41, 5.74) is 2.80. The number of nitrogens with zero attached hydrogens (tertiary/aromatic N) is 2. The summed E-state index contributed by atoms with van der Waals surface area (Å²) < 4.78 is 0. The topological polar surface area (TPSA) is 39.7 Å². The number of likely N-dealkylation sites (tertiary alicyclic amines) is 1. The second-order valence-corrected chi connectivity index (χ2v) is 7.88. The Hall–Kier alpha value is -1.55. The molecule has 1 aromatic rings. The maximum Gasteiger partial charge on any atom is 0.191 e. The Kier molecular flexibility index (Phi) is 7.30. The Balaban J connectivity index is 1.85. The minimum absolute atomic E-state index is 0.0629. The molecule has 0 unspecified atom stereocenters. The Morgan fingerprint density at radius 1 is 1.24 bits per heavy atom. The zero-order valence-corrected chi connectivity index (χ0v) is 16.7. The summed E-state index contributed by atoms with van der Waals surface area (Å²) in [6.45, 7) is 13.5. The summed E-state index contributed by atoms with van der Waals surface area (Å²) in [5.74, 6) is 0.926. The van der Waals surface area contributed by atoms with Gasteiger partial charge in [-0.1, -0.05) is 45.0 Å². The first-order valence-corrected chi connectivity index (χ1v) is 9.72. The maximum absolute atomic E-state index is 4.44. The SMILES string of the molecule is CCCN1CCC(NC(=NC)NCC(C)(C)c2ccccc2C)CC1. The standard InChI is InChI=1S/C21H36N4/c1-6-13-25-14-11-18(12-15-25)24-20(22-5)23-16-21(3,4)19-10-8-7-9-17(19)2/h7-10,18H,6,11-16H2,1-5H3,(H2,22,23,24). The van der Waals surface area contributed by atoms with Gasteiger partial charge in [0.15, 0.2) is 5.96 Å². The molecule has 1 aliphatic heterocycles. The third kappa shape index (κ3) is 5.74. The van der Waals surface area contributed by atoms with E-state index in [-0.39, 0.29) is 5.41 Å². The Labute approximate surface area is 154 Å². The zero-order chi connectivity index (χ0) is 18.3. The molecule has 0 amide bonds. The number of aliphatic imine (C=N–C) groups is 1. The quantitative estimate of drug-likeness (QED) is 0.614. The number of guanidine groups is 1. The molecule has 25 heavy (non-hydrogen) atoms. The van der Waals surface area contributed by atoms with E-state index < -0.39 is 0 Å². The van der Waals surface area contributed by atoms with E-state index in [0.29, 0.717) is 6.04 Å². The van der Waals surface area contributed by atoms with E-state index in [9.17, 15) is 0 Å². The number of aryl methyl sites for hydroxylation is 1. The first-order valence-electron chi connectivity index (χ1n) is 9.72. The van der Waals surface area contributed by atoms with E-state index in [2.05, 4.69) is 72.5 Å². The minimum Gasteiger partial charge on any atom is -0.356 e. The molecule has 0 aliphatic carbocycles. The van der Waals surface area contributed by atoms with Gasteiger partial charge in [-0.05, 0) is 43.9 Å². The van der Waals surface area contributed by atoms with Crippen LogP contribution in [0.5, 0.6) is 0 Å². The van der Waals surface area contributed by atoms with Crippen molar-refractivity contribution in [2.45, 2.75) is 58.4 Å². The molecule has 0 aromatic heterocycles. The van der Waals surface area contributed by atoms with Crippen molar-refractivity contribution >= 4 is 5.96 Å². The summed E-state index contributed by atoms with van der Waals surface area (Å²) in [4.78, 5) is 7.00. The molecule has 2 rings (SSSR count). The lowest BCUT2D eigenvalue weighted by atomic mass is 9.82. The van der Waals surface area contributed by atoms with Gasteiger partial charge in [-0.2, -0.15) is 0 Å². The van der Waals surface area contributed by atoms with Crippen LogP contribution in [0.15, 0.2) is 29.3 Å². The molecule has 1 heterocycles. The highest BCUT2D eigenvalue weighted by atomic mass is 15.2. The van der Waals surface area contributed by atoms with Crippen molar-refractivity contribution in [3.05, 3.63) is 35.4 Å². The van der Waals surface area contributed by atoms with E-state index >= 15 is 0 Å². The highest BCUT2D eigenvalue weighted by molar-refractivity contribution is 5.80. The fourth-order valence-electron chi connectivity index (χ4n) is 3.74. The second kappa shape index (κ2) is 9.23. The molecule has 1 fully saturated rings.